The van der Waals surface area contributed by atoms with Gasteiger partial charge in [0.05, 0.1) is 22.0 Å². The predicted octanol–water partition coefficient (Wildman–Crippen LogP) is -12.1. The van der Waals surface area contributed by atoms with Crippen LogP contribution < -0.4 is 169 Å². The van der Waals surface area contributed by atoms with E-state index in [9.17, 15) is 9.59 Å². The molecule has 13 heteroatoms. The molecule has 0 aromatic carbocycles. The van der Waals surface area contributed by atoms with E-state index in [0.29, 0.717) is 0 Å². The van der Waals surface area contributed by atoms with E-state index in [4.69, 9.17) is 15.1 Å². The van der Waals surface area contributed by atoms with Crippen LogP contribution in [0.15, 0.2) is 8.80 Å². The van der Waals surface area contributed by atoms with Crippen LogP contribution in [0.1, 0.15) is 0 Å². The topological polar surface area (TPSA) is 128 Å². The van der Waals surface area contributed by atoms with Gasteiger partial charge in [-0.15, -0.1) is 8.80 Å². The van der Waals surface area contributed by atoms with Crippen LogP contribution in [-0.2, 0) is 9.59 Å². The second-order valence-electron chi connectivity index (χ2n) is 0.803. The van der Waals surface area contributed by atoms with Crippen molar-refractivity contribution in [2.45, 2.75) is 0 Å². The van der Waals surface area contributed by atoms with E-state index < -0.39 is 7.32 Å². The van der Waals surface area contributed by atoms with Crippen LogP contribution in [0.25, 0.3) is 0 Å². The Hall–Kier alpha value is 4.31. The summed E-state index contributed by atoms with van der Waals surface area (Å²) in [5.41, 5.74) is 0. The predicted molar refractivity (Wildman–Crippen MR) is 37.2 cm³/mol. The van der Waals surface area contributed by atoms with Gasteiger partial charge in [-0.25, -0.2) is 9.59 Å². The molecule has 0 spiro atoms. The van der Waals surface area contributed by atoms with Gasteiger partial charge in [0.2, 0.25) is 12.2 Å². The second-order valence-corrected chi connectivity index (χ2v) is 2.36. The first-order valence-corrected chi connectivity index (χ1v) is 4.16. The molecule has 7 nitrogen and oxygen atoms in total. The fraction of sp³-hybridized carbons (Fsp3) is 0. The molecule has 0 aliphatic heterocycles. The van der Waals surface area contributed by atoms with Crippen molar-refractivity contribution in [3.8, 4) is 0 Å². The van der Waals surface area contributed by atoms with Crippen molar-refractivity contribution in [2.75, 3.05) is 0 Å². The van der Waals surface area contributed by atoms with Gasteiger partial charge < -0.3 is 15.1 Å². The Morgan fingerprint density at radius 3 is 1.20 bits per heavy atom. The number of nitrogens with zero attached hydrogens (tertiary/aromatic N) is 2. The smallest absolute Gasteiger partial charge is 0.907 e. The molecule has 0 N–H and O–H groups in total. The summed E-state index contributed by atoms with van der Waals surface area (Å²) < 4.78 is 6.02. The van der Waals surface area contributed by atoms with Crippen LogP contribution in [-0.4, -0.2) is 19.5 Å². The molecule has 0 heterocycles. The molecule has 0 unspecified atom stereocenters. The first-order chi connectivity index (χ1) is 5.65. The van der Waals surface area contributed by atoms with Gasteiger partial charge in [0.25, 0.3) is 0 Å². The van der Waals surface area contributed by atoms with Crippen molar-refractivity contribution < 1.29 is 179 Å². The zero-order valence-electron chi connectivity index (χ0n) is 8.33. The molecule has 0 fully saturated rings. The van der Waals surface area contributed by atoms with E-state index in [-0.39, 0.29) is 154 Å². The first kappa shape index (κ1) is 31.6. The van der Waals surface area contributed by atoms with Gasteiger partial charge in [-0.2, -0.15) is 0 Å². The molecule has 15 heavy (non-hydrogen) atoms. The van der Waals surface area contributed by atoms with Crippen LogP contribution >= 0.6 is 22.0 Å². The molecular weight excluding hydrogens is 324 g/mol. The normalized spacial score (nSPS) is 5.27. The standard InChI is InChI=1S/C2N2O2S2.BO3.3K/c5-1-3-7-8-4-2-6;2-1(3)4;;;/q;-3;3*+1. The summed E-state index contributed by atoms with van der Waals surface area (Å²) in [6.45, 7) is 0. The van der Waals surface area contributed by atoms with Gasteiger partial charge in [-0.3, -0.25) is 7.32 Å². The molecule has 0 saturated carbocycles. The molecule has 0 aliphatic rings. The molecule has 0 bridgehead atoms. The fourth-order valence-corrected chi connectivity index (χ4v) is 0.574. The minimum Gasteiger partial charge on any atom is -0.907 e. The molecule has 0 rings (SSSR count). The van der Waals surface area contributed by atoms with Crippen molar-refractivity contribution in [3.05, 3.63) is 0 Å². The van der Waals surface area contributed by atoms with Crippen molar-refractivity contribution in [1.82, 2.24) is 0 Å². The van der Waals surface area contributed by atoms with E-state index in [0.717, 1.165) is 22.0 Å². The zero-order chi connectivity index (χ0) is 9.82. The molecule has 0 atom stereocenters. The maximum Gasteiger partial charge on any atom is 1.00 e. The molecule has 0 radical (unpaired) electrons. The van der Waals surface area contributed by atoms with E-state index in [2.05, 4.69) is 8.80 Å². The number of hydrogen-bond donors (Lipinski definition) is 0. The SMILES string of the molecule is O=C=NSSN=C=O.[K+].[K+].[K+].[O-]B([O-])[O-]. The zero-order valence-corrected chi connectivity index (χ0v) is 19.3. The Kier molecular flexibility index (Phi) is 65.3. The molecule has 0 amide bonds. The third-order valence-corrected chi connectivity index (χ3v) is 1.19. The summed E-state index contributed by atoms with van der Waals surface area (Å²) in [4.78, 5) is 18.6. The summed E-state index contributed by atoms with van der Waals surface area (Å²) in [6.07, 6.45) is 2.51. The quantitative estimate of drug-likeness (QED) is 0.126. The maximum absolute atomic E-state index is 9.30. The number of carbonyl (C=O) groups excluding carboxylic acids is 2. The molecule has 0 aromatic heterocycles. The third kappa shape index (κ3) is 56.2. The molecule has 0 aromatic rings. The molecule has 0 aliphatic carbocycles. The molecule has 66 valence electrons. The van der Waals surface area contributed by atoms with Crippen LogP contribution in [0.4, 0.5) is 0 Å². The number of hydrogen-bond acceptors (Lipinski definition) is 9. The van der Waals surface area contributed by atoms with Crippen LogP contribution in [0, 0.1) is 0 Å². The summed E-state index contributed by atoms with van der Waals surface area (Å²) in [6, 6.07) is 0. The fourth-order valence-electron chi connectivity index (χ4n) is 0.0638. The van der Waals surface area contributed by atoms with E-state index in [1.807, 2.05) is 0 Å². The first-order valence-electron chi connectivity index (χ1n) is 2.09. The summed E-state index contributed by atoms with van der Waals surface area (Å²) in [5, 5.41) is 25.2. The van der Waals surface area contributed by atoms with E-state index in [1.54, 1.807) is 0 Å². The van der Waals surface area contributed by atoms with Crippen LogP contribution in [0.3, 0.4) is 0 Å². The monoisotopic (exact) mass is 324 g/mol. The average molecular weight is 324 g/mol. The van der Waals surface area contributed by atoms with Gasteiger partial charge in [-0.05, 0) is 0 Å². The Morgan fingerprint density at radius 1 is 0.867 bits per heavy atom. The number of rotatable bonds is 3. The Bertz CT molecular complexity index is 178. The number of isocyanates is 2. The molecular formula is C2BK3N2O5S2. The van der Waals surface area contributed by atoms with Gasteiger partial charge in [0.1, 0.15) is 0 Å². The average Bonchev–Trinajstić information content (AvgIpc) is 1.97. The minimum absolute atomic E-state index is 0. The Morgan fingerprint density at radius 2 is 1.07 bits per heavy atom. The van der Waals surface area contributed by atoms with Gasteiger partial charge in [-0.1, -0.05) is 0 Å². The summed E-state index contributed by atoms with van der Waals surface area (Å²) in [5.74, 6) is 0. The Labute approximate surface area is 222 Å². The maximum atomic E-state index is 9.30. The van der Waals surface area contributed by atoms with Gasteiger partial charge >= 0.3 is 154 Å². The minimum atomic E-state index is -2.92. The van der Waals surface area contributed by atoms with Gasteiger partial charge in [0.15, 0.2) is 0 Å². The van der Waals surface area contributed by atoms with E-state index in [1.165, 1.54) is 12.2 Å². The third-order valence-electron chi connectivity index (χ3n) is 0.182. The van der Waals surface area contributed by atoms with Crippen molar-refractivity contribution >= 4 is 41.4 Å². The summed E-state index contributed by atoms with van der Waals surface area (Å²) in [7, 11) is -1.38. The van der Waals surface area contributed by atoms with Gasteiger partial charge in [0, 0.05) is 0 Å². The second kappa shape index (κ2) is 31.0. The Balaban J connectivity index is -0.0000000424. The van der Waals surface area contributed by atoms with Crippen molar-refractivity contribution in [2.24, 2.45) is 8.80 Å². The largest absolute Gasteiger partial charge is 1.00 e. The summed E-state index contributed by atoms with van der Waals surface area (Å²) >= 11 is 0. The van der Waals surface area contributed by atoms with Crippen LogP contribution in [0.2, 0.25) is 0 Å². The van der Waals surface area contributed by atoms with E-state index >= 15 is 0 Å². The van der Waals surface area contributed by atoms with Crippen molar-refractivity contribution in [3.63, 3.8) is 0 Å². The molecule has 0 saturated heterocycles. The van der Waals surface area contributed by atoms with Crippen molar-refractivity contribution in [1.29, 1.82) is 0 Å². The van der Waals surface area contributed by atoms with Crippen LogP contribution in [0.5, 0.6) is 0 Å².